The fourth-order valence-electron chi connectivity index (χ4n) is 3.02. The second-order valence-electron chi connectivity index (χ2n) is 6.39. The van der Waals surface area contributed by atoms with Gasteiger partial charge in [-0.25, -0.2) is 0 Å². The molecule has 0 bridgehead atoms. The van der Waals surface area contributed by atoms with Crippen molar-refractivity contribution >= 4 is 22.8 Å². The number of unbranched alkanes of at least 4 members (excludes halogenated alkanes) is 1. The van der Waals surface area contributed by atoms with Gasteiger partial charge in [0.15, 0.2) is 14.7 Å². The number of benzene rings is 3. The molecule has 3 aromatic carbocycles. The third-order valence-electron chi connectivity index (χ3n) is 4.26. The molecule has 0 aliphatic carbocycles. The zero-order chi connectivity index (χ0) is 20.5. The molecular formula is C23H22F3NS2. The maximum Gasteiger partial charge on any atom is 0.423 e. The molecule has 0 amide bonds. The predicted molar refractivity (Wildman–Crippen MR) is 116 cm³/mol. The molecule has 0 spiro atoms. The Balaban J connectivity index is 1.75. The summed E-state index contributed by atoms with van der Waals surface area (Å²) in [5.74, 6) is 0. The smallest absolute Gasteiger partial charge is 0.423 e. The quantitative estimate of drug-likeness (QED) is 0.192. The summed E-state index contributed by atoms with van der Waals surface area (Å²) >= 11 is -0.291. The highest BCUT2D eigenvalue weighted by Gasteiger charge is 2.30. The van der Waals surface area contributed by atoms with Gasteiger partial charge < -0.3 is 4.72 Å². The number of aryl methyl sites for hydroxylation is 1. The third kappa shape index (κ3) is 6.84. The minimum Gasteiger partial charge on any atom is -0.599 e. The van der Waals surface area contributed by atoms with E-state index in [9.17, 15) is 13.2 Å². The Morgan fingerprint density at radius 1 is 0.724 bits per heavy atom. The highest BCUT2D eigenvalue weighted by atomic mass is 32.2. The second kappa shape index (κ2) is 10.8. The standard InChI is InChI=1S/C23H22F3NS2/c24-23(25,26)28-27-18-10-9-12-19-11-7-8-17-22(19)29(20-13-3-1-4-14-20)21-15-5-2-6-16-21/h1-8,11,13-17H,9-10,12,18H2. The summed E-state index contributed by atoms with van der Waals surface area (Å²) in [7, 11) is -0.223. The lowest BCUT2D eigenvalue weighted by atomic mass is 10.1. The molecular weight excluding hydrogens is 411 g/mol. The van der Waals surface area contributed by atoms with Gasteiger partial charge in [0.2, 0.25) is 0 Å². The largest absolute Gasteiger partial charge is 0.599 e. The summed E-state index contributed by atoms with van der Waals surface area (Å²) in [5.41, 5.74) is -3.04. The van der Waals surface area contributed by atoms with E-state index in [2.05, 4.69) is 71.5 Å². The van der Waals surface area contributed by atoms with E-state index in [1.54, 1.807) is 0 Å². The van der Waals surface area contributed by atoms with E-state index in [0.29, 0.717) is 6.42 Å². The van der Waals surface area contributed by atoms with Gasteiger partial charge in [-0.3, -0.25) is 0 Å². The van der Waals surface area contributed by atoms with Crippen molar-refractivity contribution in [1.29, 1.82) is 0 Å². The first-order chi connectivity index (χ1) is 14.0. The van der Waals surface area contributed by atoms with Crippen LogP contribution < -0.4 is 0 Å². The lowest BCUT2D eigenvalue weighted by molar-refractivity contribution is -0.0322. The molecule has 3 rings (SSSR count). The summed E-state index contributed by atoms with van der Waals surface area (Å²) in [6.45, 7) is 0.218. The first kappa shape index (κ1) is 21.8. The van der Waals surface area contributed by atoms with E-state index in [1.807, 2.05) is 18.2 Å². The van der Waals surface area contributed by atoms with Crippen molar-refractivity contribution in [2.45, 2.75) is 39.5 Å². The Labute approximate surface area is 177 Å². The molecule has 3 aromatic rings. The van der Waals surface area contributed by atoms with Gasteiger partial charge in [-0.15, -0.1) is 6.54 Å². The minimum atomic E-state index is -4.29. The zero-order valence-electron chi connectivity index (χ0n) is 15.8. The van der Waals surface area contributed by atoms with E-state index in [1.165, 1.54) is 20.2 Å². The van der Waals surface area contributed by atoms with Crippen molar-refractivity contribution in [2.24, 2.45) is 0 Å². The summed E-state index contributed by atoms with van der Waals surface area (Å²) < 4.78 is 40.0. The fourth-order valence-corrected chi connectivity index (χ4v) is 5.68. The van der Waals surface area contributed by atoms with Crippen molar-refractivity contribution in [1.82, 2.24) is 0 Å². The van der Waals surface area contributed by atoms with Crippen molar-refractivity contribution in [3.63, 3.8) is 0 Å². The number of nitrogens with zero attached hydrogens (tertiary/aromatic N) is 1. The molecule has 152 valence electrons. The van der Waals surface area contributed by atoms with Gasteiger partial charge in [0.05, 0.1) is 10.9 Å². The van der Waals surface area contributed by atoms with Crippen LogP contribution in [0.3, 0.4) is 0 Å². The molecule has 0 N–H and O–H groups in total. The fraction of sp³-hybridized carbons (Fsp3) is 0.217. The predicted octanol–water partition coefficient (Wildman–Crippen LogP) is 7.65. The van der Waals surface area contributed by atoms with E-state index < -0.39 is 5.51 Å². The van der Waals surface area contributed by atoms with E-state index in [-0.39, 0.29) is 29.4 Å². The van der Waals surface area contributed by atoms with Gasteiger partial charge in [0, 0.05) is 5.56 Å². The van der Waals surface area contributed by atoms with Crippen LogP contribution >= 0.6 is 11.9 Å². The maximum atomic E-state index is 12.2. The number of halogens is 3. The minimum absolute atomic E-state index is 0.218. The summed E-state index contributed by atoms with van der Waals surface area (Å²) in [6.07, 6.45) is 2.27. The number of rotatable bonds is 9. The Bertz CT molecular complexity index is 831. The SMILES string of the molecule is FC(F)(F)S[N-]CCCCc1ccccc1[S+](c1ccccc1)c1ccccc1. The van der Waals surface area contributed by atoms with Gasteiger partial charge in [-0.05, 0) is 36.8 Å². The van der Waals surface area contributed by atoms with Gasteiger partial charge in [-0.2, -0.15) is 25.1 Å². The molecule has 0 heterocycles. The molecule has 0 atom stereocenters. The van der Waals surface area contributed by atoms with E-state index in [0.717, 1.165) is 12.8 Å². The molecule has 29 heavy (non-hydrogen) atoms. The Hall–Kier alpha value is -1.89. The Kier molecular flexibility index (Phi) is 8.09. The summed E-state index contributed by atoms with van der Waals surface area (Å²) in [5, 5.41) is 0. The maximum absolute atomic E-state index is 12.2. The van der Waals surface area contributed by atoms with Crippen LogP contribution in [0.15, 0.2) is 99.6 Å². The highest BCUT2D eigenvalue weighted by Crippen LogP contribution is 2.35. The van der Waals surface area contributed by atoms with Crippen LogP contribution in [0, 0.1) is 0 Å². The Morgan fingerprint density at radius 3 is 1.86 bits per heavy atom. The topological polar surface area (TPSA) is 14.1 Å². The van der Waals surface area contributed by atoms with Crippen LogP contribution in [0.5, 0.6) is 0 Å². The molecule has 0 unspecified atom stereocenters. The normalized spacial score (nSPS) is 11.7. The highest BCUT2D eigenvalue weighted by molar-refractivity contribution is 8.02. The van der Waals surface area contributed by atoms with Crippen LogP contribution in [0.25, 0.3) is 4.72 Å². The molecule has 1 nitrogen and oxygen atoms in total. The number of hydrogen-bond donors (Lipinski definition) is 0. The van der Waals surface area contributed by atoms with Crippen molar-refractivity contribution in [2.75, 3.05) is 6.54 Å². The molecule has 6 heteroatoms. The lowest BCUT2D eigenvalue weighted by Gasteiger charge is -2.20. The monoisotopic (exact) mass is 433 g/mol. The second-order valence-corrected chi connectivity index (χ2v) is 9.29. The molecule has 0 saturated heterocycles. The molecule has 0 aliphatic rings. The van der Waals surface area contributed by atoms with Crippen molar-refractivity contribution in [3.05, 3.63) is 95.2 Å². The van der Waals surface area contributed by atoms with Gasteiger partial charge in [0.25, 0.3) is 0 Å². The van der Waals surface area contributed by atoms with Crippen LogP contribution in [-0.4, -0.2) is 12.1 Å². The van der Waals surface area contributed by atoms with Crippen LogP contribution in [0.2, 0.25) is 0 Å². The first-order valence-electron chi connectivity index (χ1n) is 9.38. The number of alkyl halides is 3. The molecule has 0 aliphatic heterocycles. The van der Waals surface area contributed by atoms with E-state index in [4.69, 9.17) is 0 Å². The number of hydrogen-bond acceptors (Lipinski definition) is 1. The summed E-state index contributed by atoms with van der Waals surface area (Å²) in [4.78, 5) is 3.77. The molecule has 0 fully saturated rings. The third-order valence-corrected chi connectivity index (χ3v) is 7.11. The molecule has 0 aromatic heterocycles. The molecule has 0 radical (unpaired) electrons. The van der Waals surface area contributed by atoms with Crippen molar-refractivity contribution in [3.8, 4) is 0 Å². The van der Waals surface area contributed by atoms with Crippen molar-refractivity contribution < 1.29 is 13.2 Å². The lowest BCUT2D eigenvalue weighted by Crippen LogP contribution is -2.08. The average Bonchev–Trinajstić information content (AvgIpc) is 2.73. The van der Waals surface area contributed by atoms with Gasteiger partial charge in [-0.1, -0.05) is 67.4 Å². The molecule has 0 saturated carbocycles. The van der Waals surface area contributed by atoms with Crippen LogP contribution in [0.1, 0.15) is 18.4 Å². The zero-order valence-corrected chi connectivity index (χ0v) is 17.4. The average molecular weight is 434 g/mol. The first-order valence-corrected chi connectivity index (χ1v) is 11.4. The van der Waals surface area contributed by atoms with E-state index >= 15 is 0 Å². The van der Waals surface area contributed by atoms with Gasteiger partial charge >= 0.3 is 5.51 Å². The van der Waals surface area contributed by atoms with Gasteiger partial charge in [0.1, 0.15) is 0 Å². The van der Waals surface area contributed by atoms with Crippen LogP contribution in [0.4, 0.5) is 13.2 Å². The Morgan fingerprint density at radius 2 is 1.28 bits per heavy atom. The van der Waals surface area contributed by atoms with Crippen LogP contribution in [-0.2, 0) is 17.3 Å². The summed E-state index contributed by atoms with van der Waals surface area (Å²) in [6, 6.07) is 29.3.